The van der Waals surface area contributed by atoms with E-state index in [9.17, 15) is 4.79 Å². The second-order valence-corrected chi connectivity index (χ2v) is 6.73. The Morgan fingerprint density at radius 2 is 2.12 bits per heavy atom. The molecule has 1 amide bonds. The van der Waals surface area contributed by atoms with Gasteiger partial charge < -0.3 is 4.74 Å². The number of aliphatic imine (C=N–C) groups is 1. The Hall–Kier alpha value is -2.57. The Kier molecular flexibility index (Phi) is 5.75. The maximum Gasteiger partial charge on any atom is 0.267 e. The molecule has 2 aromatic rings. The summed E-state index contributed by atoms with van der Waals surface area (Å²) in [5, 5.41) is 0.988. The van der Waals surface area contributed by atoms with Crippen molar-refractivity contribution in [2.45, 2.75) is 0 Å². The number of amidine groups is 1. The van der Waals surface area contributed by atoms with Crippen LogP contribution in [-0.4, -0.2) is 34.6 Å². The van der Waals surface area contributed by atoms with Crippen LogP contribution in [0, 0.1) is 0 Å². The van der Waals surface area contributed by atoms with Crippen LogP contribution < -0.4 is 4.74 Å². The number of amides is 1. The van der Waals surface area contributed by atoms with Crippen molar-refractivity contribution in [3.05, 3.63) is 70.9 Å². The van der Waals surface area contributed by atoms with Crippen molar-refractivity contribution in [3.8, 4) is 5.75 Å². The van der Waals surface area contributed by atoms with Gasteiger partial charge in [0.15, 0.2) is 5.17 Å². The molecule has 1 fully saturated rings. The molecule has 0 spiro atoms. The lowest BCUT2D eigenvalue weighted by Gasteiger charge is -2.12. The number of benzene rings is 1. The average molecular weight is 386 g/mol. The van der Waals surface area contributed by atoms with Gasteiger partial charge in [-0.3, -0.25) is 14.7 Å². The van der Waals surface area contributed by atoms with Gasteiger partial charge in [-0.1, -0.05) is 29.8 Å². The van der Waals surface area contributed by atoms with Crippen LogP contribution in [0.3, 0.4) is 0 Å². The van der Waals surface area contributed by atoms with Gasteiger partial charge >= 0.3 is 0 Å². The van der Waals surface area contributed by atoms with Crippen molar-refractivity contribution in [1.29, 1.82) is 0 Å². The molecule has 0 N–H and O–H groups in total. The number of hydrogen-bond acceptors (Lipinski definition) is 5. The van der Waals surface area contributed by atoms with Gasteiger partial charge in [0.25, 0.3) is 5.91 Å². The zero-order valence-corrected chi connectivity index (χ0v) is 15.6. The molecule has 132 valence electrons. The first-order chi connectivity index (χ1) is 12.6. The second kappa shape index (κ2) is 8.21. The summed E-state index contributed by atoms with van der Waals surface area (Å²) < 4.78 is 5.16. The summed E-state index contributed by atoms with van der Waals surface area (Å²) in [6.07, 6.45) is 6.63. The van der Waals surface area contributed by atoms with E-state index in [1.165, 1.54) is 18.0 Å². The fraction of sp³-hybridized carbons (Fsp3) is 0.105. The number of carbonyl (C=O) groups is 1. The minimum absolute atomic E-state index is 0.116. The summed E-state index contributed by atoms with van der Waals surface area (Å²) in [4.78, 5) is 23.4. The minimum atomic E-state index is -0.116. The number of nitrogens with zero attached hydrogens (tertiary/aromatic N) is 3. The molecule has 1 aromatic heterocycles. The molecule has 1 aromatic carbocycles. The van der Waals surface area contributed by atoms with Crippen molar-refractivity contribution < 1.29 is 9.53 Å². The van der Waals surface area contributed by atoms with Gasteiger partial charge in [0.05, 0.1) is 22.7 Å². The fourth-order valence-corrected chi connectivity index (χ4v) is 3.46. The normalized spacial score (nSPS) is 17.2. The van der Waals surface area contributed by atoms with Crippen LogP contribution in [-0.2, 0) is 4.79 Å². The molecular weight excluding hydrogens is 370 g/mol. The first-order valence-electron chi connectivity index (χ1n) is 7.77. The second-order valence-electron chi connectivity index (χ2n) is 5.31. The van der Waals surface area contributed by atoms with Crippen molar-refractivity contribution in [1.82, 2.24) is 9.88 Å². The smallest absolute Gasteiger partial charge is 0.267 e. The topological polar surface area (TPSA) is 54.8 Å². The molecular formula is C19H16ClN3O2S. The maximum absolute atomic E-state index is 12.7. The fourth-order valence-electron chi connectivity index (χ4n) is 2.29. The number of carbonyl (C=O) groups excluding carboxylic acids is 1. The van der Waals surface area contributed by atoms with Crippen molar-refractivity contribution >= 4 is 46.2 Å². The van der Waals surface area contributed by atoms with E-state index in [1.54, 1.807) is 30.3 Å². The Labute approximate surface area is 161 Å². The third-order valence-electron chi connectivity index (χ3n) is 3.58. The van der Waals surface area contributed by atoms with Crippen LogP contribution in [0.1, 0.15) is 5.56 Å². The summed E-state index contributed by atoms with van der Waals surface area (Å²) in [6, 6.07) is 9.20. The number of ether oxygens (including phenoxy) is 1. The molecule has 1 aliphatic rings. The first-order valence-corrected chi connectivity index (χ1v) is 8.96. The molecule has 1 aliphatic heterocycles. The van der Waals surface area contributed by atoms with Crippen LogP contribution in [0.5, 0.6) is 5.75 Å². The quantitative estimate of drug-likeness (QED) is 0.560. The molecule has 5 nitrogen and oxygen atoms in total. The average Bonchev–Trinajstić information content (AvgIpc) is 2.93. The van der Waals surface area contributed by atoms with E-state index in [0.29, 0.717) is 27.3 Å². The molecule has 0 unspecified atom stereocenters. The van der Waals surface area contributed by atoms with Gasteiger partial charge in [-0.2, -0.15) is 0 Å². The standard InChI is InChI=1S/C19H16ClN3O2S/c1-3-10-23-18(24)17(11-13-4-6-14(25-2)7-5-13)26-19(23)22-16-8-9-21-12-15(16)20/h3-9,11-12H,1,10H2,2H3/b17-11-,22-19?. The summed E-state index contributed by atoms with van der Waals surface area (Å²) in [7, 11) is 1.62. The highest BCUT2D eigenvalue weighted by Crippen LogP contribution is 2.35. The highest BCUT2D eigenvalue weighted by atomic mass is 35.5. The van der Waals surface area contributed by atoms with Gasteiger partial charge in [0, 0.05) is 18.9 Å². The largest absolute Gasteiger partial charge is 0.497 e. The van der Waals surface area contributed by atoms with Gasteiger partial charge in [-0.15, -0.1) is 6.58 Å². The molecule has 0 aliphatic carbocycles. The van der Waals surface area contributed by atoms with Crippen molar-refractivity contribution in [3.63, 3.8) is 0 Å². The predicted molar refractivity (Wildman–Crippen MR) is 107 cm³/mol. The van der Waals surface area contributed by atoms with Crippen LogP contribution >= 0.6 is 23.4 Å². The van der Waals surface area contributed by atoms with Crippen LogP contribution in [0.25, 0.3) is 6.08 Å². The summed E-state index contributed by atoms with van der Waals surface area (Å²) in [5.74, 6) is 0.648. The Morgan fingerprint density at radius 3 is 2.77 bits per heavy atom. The van der Waals surface area contributed by atoms with Gasteiger partial charge in [-0.05, 0) is 41.6 Å². The lowest BCUT2D eigenvalue weighted by molar-refractivity contribution is -0.121. The van der Waals surface area contributed by atoms with E-state index in [0.717, 1.165) is 11.3 Å². The van der Waals surface area contributed by atoms with E-state index in [2.05, 4.69) is 16.6 Å². The van der Waals surface area contributed by atoms with Crippen molar-refractivity contribution in [2.24, 2.45) is 4.99 Å². The summed E-state index contributed by atoms with van der Waals surface area (Å²) >= 11 is 7.43. The van der Waals surface area contributed by atoms with Crippen LogP contribution in [0.15, 0.2) is 65.3 Å². The van der Waals surface area contributed by atoms with E-state index in [4.69, 9.17) is 16.3 Å². The summed E-state index contributed by atoms with van der Waals surface area (Å²) in [6.45, 7) is 4.09. The number of thioether (sulfide) groups is 1. The number of halogens is 1. The van der Waals surface area contributed by atoms with E-state index < -0.39 is 0 Å². The van der Waals surface area contributed by atoms with E-state index >= 15 is 0 Å². The molecule has 0 saturated carbocycles. The predicted octanol–water partition coefficient (Wildman–Crippen LogP) is 4.53. The number of aromatic nitrogens is 1. The molecule has 0 bridgehead atoms. The molecule has 26 heavy (non-hydrogen) atoms. The van der Waals surface area contributed by atoms with Crippen LogP contribution in [0.4, 0.5) is 5.69 Å². The maximum atomic E-state index is 12.7. The Balaban J connectivity index is 1.94. The third-order valence-corrected chi connectivity index (χ3v) is 4.88. The van der Waals surface area contributed by atoms with E-state index in [-0.39, 0.29) is 5.91 Å². The minimum Gasteiger partial charge on any atom is -0.497 e. The SMILES string of the molecule is C=CCN1C(=O)/C(=C/c2ccc(OC)cc2)SC1=Nc1ccncc1Cl. The molecule has 7 heteroatoms. The molecule has 3 rings (SSSR count). The number of rotatable bonds is 5. The molecule has 0 atom stereocenters. The highest BCUT2D eigenvalue weighted by molar-refractivity contribution is 8.18. The molecule has 0 radical (unpaired) electrons. The van der Waals surface area contributed by atoms with Gasteiger partial charge in [0.1, 0.15) is 5.75 Å². The van der Waals surface area contributed by atoms with E-state index in [1.807, 2.05) is 30.3 Å². The Morgan fingerprint density at radius 1 is 1.35 bits per heavy atom. The number of methoxy groups -OCH3 is 1. The zero-order valence-electron chi connectivity index (χ0n) is 14.1. The number of hydrogen-bond donors (Lipinski definition) is 0. The monoisotopic (exact) mass is 385 g/mol. The molecule has 1 saturated heterocycles. The lowest BCUT2D eigenvalue weighted by Crippen LogP contribution is -2.29. The van der Waals surface area contributed by atoms with Crippen molar-refractivity contribution in [2.75, 3.05) is 13.7 Å². The molecule has 2 heterocycles. The first kappa shape index (κ1) is 18.2. The van der Waals surface area contributed by atoms with Gasteiger partial charge in [0.2, 0.25) is 0 Å². The lowest BCUT2D eigenvalue weighted by atomic mass is 10.2. The number of pyridine rings is 1. The third kappa shape index (κ3) is 3.98. The zero-order chi connectivity index (χ0) is 18.5. The highest BCUT2D eigenvalue weighted by Gasteiger charge is 2.32. The summed E-state index contributed by atoms with van der Waals surface area (Å²) in [5.41, 5.74) is 1.47. The Bertz CT molecular complexity index is 894. The van der Waals surface area contributed by atoms with Crippen LogP contribution in [0.2, 0.25) is 5.02 Å². The van der Waals surface area contributed by atoms with Gasteiger partial charge in [-0.25, -0.2) is 4.99 Å².